The van der Waals surface area contributed by atoms with Crippen LogP contribution in [0.25, 0.3) is 0 Å². The highest BCUT2D eigenvalue weighted by Crippen LogP contribution is 2.04. The molecule has 0 aliphatic carbocycles. The van der Waals surface area contributed by atoms with Gasteiger partial charge in [-0.05, 0) is 31.0 Å². The number of carbonyl (C=O) groups excluding carboxylic acids is 1. The zero-order chi connectivity index (χ0) is 12.0. The summed E-state index contributed by atoms with van der Waals surface area (Å²) >= 11 is 0. The predicted octanol–water partition coefficient (Wildman–Crippen LogP) is 0.646. The van der Waals surface area contributed by atoms with E-state index in [0.717, 1.165) is 5.56 Å². The minimum Gasteiger partial charge on any atom is -0.396 e. The topological polar surface area (TPSA) is 75.3 Å². The second-order valence-corrected chi connectivity index (χ2v) is 3.79. The van der Waals surface area contributed by atoms with E-state index >= 15 is 0 Å². The molecule has 88 valence electrons. The number of benzene rings is 1. The van der Waals surface area contributed by atoms with Gasteiger partial charge in [0.05, 0.1) is 0 Å². The molecule has 0 aliphatic rings. The highest BCUT2D eigenvalue weighted by molar-refractivity contribution is 5.94. The van der Waals surface area contributed by atoms with Crippen molar-refractivity contribution in [2.45, 2.75) is 25.9 Å². The Morgan fingerprint density at radius 2 is 2.06 bits per heavy atom. The van der Waals surface area contributed by atoms with Crippen LogP contribution in [0.5, 0.6) is 0 Å². The van der Waals surface area contributed by atoms with Crippen molar-refractivity contribution in [1.82, 2.24) is 5.32 Å². The number of nitrogens with one attached hydrogen (secondary N) is 1. The molecular formula is C12H18N2O2. The SMILES string of the molecule is CC(CCO)NC(=O)c1ccc(CN)cc1. The van der Waals surface area contributed by atoms with Crippen LogP contribution in [-0.2, 0) is 6.54 Å². The molecule has 4 N–H and O–H groups in total. The lowest BCUT2D eigenvalue weighted by atomic mass is 10.1. The zero-order valence-corrected chi connectivity index (χ0v) is 9.44. The number of carbonyl (C=O) groups is 1. The molecule has 1 amide bonds. The van der Waals surface area contributed by atoms with Crippen LogP contribution in [0, 0.1) is 0 Å². The van der Waals surface area contributed by atoms with Crippen molar-refractivity contribution < 1.29 is 9.90 Å². The molecule has 0 fully saturated rings. The zero-order valence-electron chi connectivity index (χ0n) is 9.44. The molecule has 0 radical (unpaired) electrons. The molecule has 4 nitrogen and oxygen atoms in total. The molecule has 16 heavy (non-hydrogen) atoms. The van der Waals surface area contributed by atoms with Gasteiger partial charge in [0.2, 0.25) is 0 Å². The molecule has 1 rings (SSSR count). The molecule has 0 aliphatic heterocycles. The molecule has 0 aromatic heterocycles. The molecule has 0 heterocycles. The van der Waals surface area contributed by atoms with Crippen LogP contribution in [0.15, 0.2) is 24.3 Å². The van der Waals surface area contributed by atoms with Gasteiger partial charge >= 0.3 is 0 Å². The van der Waals surface area contributed by atoms with Crippen molar-refractivity contribution in [2.24, 2.45) is 5.73 Å². The second-order valence-electron chi connectivity index (χ2n) is 3.79. The summed E-state index contributed by atoms with van der Waals surface area (Å²) in [4.78, 5) is 11.7. The Hall–Kier alpha value is -1.39. The summed E-state index contributed by atoms with van der Waals surface area (Å²) in [5.74, 6) is -0.121. The standard InChI is InChI=1S/C12H18N2O2/c1-9(6-7-15)14-12(16)11-4-2-10(8-13)3-5-11/h2-5,9,15H,6-8,13H2,1H3,(H,14,16). The molecule has 0 saturated heterocycles. The van der Waals surface area contributed by atoms with Gasteiger partial charge < -0.3 is 16.2 Å². The summed E-state index contributed by atoms with van der Waals surface area (Å²) in [7, 11) is 0. The summed E-state index contributed by atoms with van der Waals surface area (Å²) in [5, 5.41) is 11.5. The lowest BCUT2D eigenvalue weighted by Gasteiger charge is -2.12. The number of rotatable bonds is 5. The molecule has 1 aromatic rings. The Labute approximate surface area is 95.5 Å². The normalized spacial score (nSPS) is 12.2. The number of amides is 1. The summed E-state index contributed by atoms with van der Waals surface area (Å²) in [5.41, 5.74) is 7.08. The van der Waals surface area contributed by atoms with Gasteiger partial charge in [-0.25, -0.2) is 0 Å². The van der Waals surface area contributed by atoms with Gasteiger partial charge in [0.1, 0.15) is 0 Å². The number of nitrogens with two attached hydrogens (primary N) is 1. The molecule has 1 aromatic carbocycles. The average molecular weight is 222 g/mol. The minimum atomic E-state index is -0.121. The maximum atomic E-state index is 11.7. The van der Waals surface area contributed by atoms with Crippen LogP contribution in [0.3, 0.4) is 0 Å². The van der Waals surface area contributed by atoms with Gasteiger partial charge in [-0.1, -0.05) is 12.1 Å². The van der Waals surface area contributed by atoms with E-state index in [0.29, 0.717) is 18.5 Å². The van der Waals surface area contributed by atoms with Gasteiger partial charge in [0.25, 0.3) is 5.91 Å². The van der Waals surface area contributed by atoms with Crippen LogP contribution in [0.1, 0.15) is 29.3 Å². The maximum absolute atomic E-state index is 11.7. The summed E-state index contributed by atoms with van der Waals surface area (Å²) in [6, 6.07) is 7.16. The highest BCUT2D eigenvalue weighted by Gasteiger charge is 2.08. The van der Waals surface area contributed by atoms with E-state index in [2.05, 4.69) is 5.32 Å². The van der Waals surface area contributed by atoms with Gasteiger partial charge in [-0.2, -0.15) is 0 Å². The molecule has 1 atom stereocenters. The monoisotopic (exact) mass is 222 g/mol. The van der Waals surface area contributed by atoms with Crippen LogP contribution in [0.4, 0.5) is 0 Å². The molecule has 0 bridgehead atoms. The first-order valence-electron chi connectivity index (χ1n) is 5.38. The predicted molar refractivity (Wildman–Crippen MR) is 63.0 cm³/mol. The van der Waals surface area contributed by atoms with Crippen LogP contribution in [-0.4, -0.2) is 23.7 Å². The Kier molecular flexibility index (Phi) is 4.95. The first-order valence-corrected chi connectivity index (χ1v) is 5.38. The van der Waals surface area contributed by atoms with Crippen molar-refractivity contribution in [3.63, 3.8) is 0 Å². The fourth-order valence-corrected chi connectivity index (χ4v) is 1.37. The van der Waals surface area contributed by atoms with E-state index in [-0.39, 0.29) is 18.6 Å². The van der Waals surface area contributed by atoms with E-state index < -0.39 is 0 Å². The molecular weight excluding hydrogens is 204 g/mol. The van der Waals surface area contributed by atoms with Gasteiger partial charge in [-0.15, -0.1) is 0 Å². The lowest BCUT2D eigenvalue weighted by Crippen LogP contribution is -2.33. The quantitative estimate of drug-likeness (QED) is 0.684. The fraction of sp³-hybridized carbons (Fsp3) is 0.417. The molecule has 1 unspecified atom stereocenters. The van der Waals surface area contributed by atoms with Crippen molar-refractivity contribution in [3.8, 4) is 0 Å². The third kappa shape index (κ3) is 3.64. The first-order chi connectivity index (χ1) is 7.67. The Morgan fingerprint density at radius 1 is 1.44 bits per heavy atom. The van der Waals surface area contributed by atoms with E-state index in [1.165, 1.54) is 0 Å². The number of hydrogen-bond acceptors (Lipinski definition) is 3. The van der Waals surface area contributed by atoms with E-state index in [1.54, 1.807) is 12.1 Å². The third-order valence-corrected chi connectivity index (χ3v) is 2.39. The maximum Gasteiger partial charge on any atom is 0.251 e. The summed E-state index contributed by atoms with van der Waals surface area (Å²) < 4.78 is 0. The van der Waals surface area contributed by atoms with Crippen molar-refractivity contribution in [1.29, 1.82) is 0 Å². The van der Waals surface area contributed by atoms with Gasteiger partial charge in [0, 0.05) is 24.8 Å². The highest BCUT2D eigenvalue weighted by atomic mass is 16.3. The van der Waals surface area contributed by atoms with E-state index in [1.807, 2.05) is 19.1 Å². The van der Waals surface area contributed by atoms with Crippen LogP contribution >= 0.6 is 0 Å². The van der Waals surface area contributed by atoms with Crippen LogP contribution < -0.4 is 11.1 Å². The van der Waals surface area contributed by atoms with Gasteiger partial charge in [-0.3, -0.25) is 4.79 Å². The van der Waals surface area contributed by atoms with Crippen LogP contribution in [0.2, 0.25) is 0 Å². The Balaban J connectivity index is 2.59. The fourth-order valence-electron chi connectivity index (χ4n) is 1.37. The number of hydrogen-bond donors (Lipinski definition) is 3. The molecule has 0 saturated carbocycles. The first kappa shape index (κ1) is 12.7. The lowest BCUT2D eigenvalue weighted by molar-refractivity contribution is 0.0934. The number of aliphatic hydroxyl groups excluding tert-OH is 1. The minimum absolute atomic E-state index is 0.0216. The van der Waals surface area contributed by atoms with Crippen molar-refractivity contribution in [2.75, 3.05) is 6.61 Å². The number of aliphatic hydroxyl groups is 1. The second kappa shape index (κ2) is 6.25. The third-order valence-electron chi connectivity index (χ3n) is 2.39. The Morgan fingerprint density at radius 3 is 2.56 bits per heavy atom. The summed E-state index contributed by atoms with van der Waals surface area (Å²) in [6.07, 6.45) is 0.562. The Bertz CT molecular complexity index is 335. The molecule has 0 spiro atoms. The van der Waals surface area contributed by atoms with Crippen molar-refractivity contribution >= 4 is 5.91 Å². The smallest absolute Gasteiger partial charge is 0.251 e. The summed E-state index contributed by atoms with van der Waals surface area (Å²) in [6.45, 7) is 2.42. The van der Waals surface area contributed by atoms with E-state index in [9.17, 15) is 4.79 Å². The van der Waals surface area contributed by atoms with Crippen molar-refractivity contribution in [3.05, 3.63) is 35.4 Å². The largest absolute Gasteiger partial charge is 0.396 e. The van der Waals surface area contributed by atoms with Gasteiger partial charge in [0.15, 0.2) is 0 Å². The average Bonchev–Trinajstić information content (AvgIpc) is 2.29. The molecule has 4 heteroatoms. The van der Waals surface area contributed by atoms with E-state index in [4.69, 9.17) is 10.8 Å².